The Kier molecular flexibility index (Phi) is 4.45. The molecule has 0 aliphatic carbocycles. The molecule has 0 N–H and O–H groups in total. The lowest BCUT2D eigenvalue weighted by Gasteiger charge is -2.40. The maximum absolute atomic E-state index is 9.55. The van der Waals surface area contributed by atoms with E-state index in [2.05, 4.69) is 63.1 Å². The van der Waals surface area contributed by atoms with Crippen molar-refractivity contribution in [2.24, 2.45) is 0 Å². The van der Waals surface area contributed by atoms with Crippen molar-refractivity contribution in [3.8, 4) is 6.07 Å². The molecule has 2 aromatic rings. The largest absolute Gasteiger partial charge is 0.366 e. The quantitative estimate of drug-likeness (QED) is 0.489. The maximum Gasteiger partial charge on any atom is 0.0998 e. The molecule has 1 aliphatic rings. The lowest BCUT2D eigenvalue weighted by molar-refractivity contribution is 0.598. The fourth-order valence-corrected chi connectivity index (χ4v) is 3.46. The Bertz CT molecular complexity index is 929. The fraction of sp³-hybridized carbons (Fsp3) is 0.227. The van der Waals surface area contributed by atoms with Crippen LogP contribution in [0.2, 0.25) is 5.02 Å². The number of allylic oxidation sites excluding steroid dienone is 2. The maximum atomic E-state index is 9.55. The van der Waals surface area contributed by atoms with E-state index >= 15 is 0 Å². The van der Waals surface area contributed by atoms with E-state index < -0.39 is 0 Å². The second-order valence-corrected chi connectivity index (χ2v) is 7.43. The van der Waals surface area contributed by atoms with E-state index in [4.69, 9.17) is 11.6 Å². The van der Waals surface area contributed by atoms with Gasteiger partial charge in [-0.3, -0.25) is 0 Å². The average molecular weight is 349 g/mol. The number of fused-ring (bicyclic) bond motifs is 1. The molecule has 0 unspecified atom stereocenters. The number of benzene rings is 2. The number of likely N-dealkylation sites (N-methyl/N-ethyl adjacent to an activating group) is 1. The first-order valence-electron chi connectivity index (χ1n) is 8.27. The first-order valence-corrected chi connectivity index (χ1v) is 8.65. The third kappa shape index (κ3) is 3.34. The molecule has 25 heavy (non-hydrogen) atoms. The number of nitriles is 1. The molecule has 0 atom stereocenters. The van der Waals surface area contributed by atoms with E-state index in [9.17, 15) is 5.26 Å². The van der Waals surface area contributed by atoms with E-state index in [0.717, 1.165) is 11.1 Å². The van der Waals surface area contributed by atoms with Crippen LogP contribution in [0.15, 0.2) is 48.5 Å². The molecule has 2 aromatic carbocycles. The summed E-state index contributed by atoms with van der Waals surface area (Å²) in [7, 11) is 2.12. The lowest BCUT2D eigenvalue weighted by atomic mass is 9.88. The number of nitrogens with zero attached hydrogens (tertiary/aromatic N) is 2. The van der Waals surface area contributed by atoms with Crippen molar-refractivity contribution in [2.45, 2.75) is 26.3 Å². The van der Waals surface area contributed by atoms with Gasteiger partial charge in [-0.25, -0.2) is 0 Å². The first-order chi connectivity index (χ1) is 11.8. The van der Waals surface area contributed by atoms with Crippen LogP contribution >= 0.6 is 11.6 Å². The van der Waals surface area contributed by atoms with E-state index in [1.165, 1.54) is 16.8 Å². The van der Waals surface area contributed by atoms with Gasteiger partial charge in [0.25, 0.3) is 0 Å². The predicted molar refractivity (Wildman–Crippen MR) is 108 cm³/mol. The van der Waals surface area contributed by atoms with Gasteiger partial charge in [-0.05, 0) is 67.8 Å². The van der Waals surface area contributed by atoms with Gasteiger partial charge in [-0.1, -0.05) is 35.9 Å². The molecule has 0 fully saturated rings. The molecule has 126 valence electrons. The highest BCUT2D eigenvalue weighted by Gasteiger charge is 2.28. The van der Waals surface area contributed by atoms with Gasteiger partial charge in [0.2, 0.25) is 0 Å². The lowest BCUT2D eigenvalue weighted by Crippen LogP contribution is -2.42. The third-order valence-electron chi connectivity index (χ3n) is 4.81. The zero-order chi connectivity index (χ0) is 18.2. The highest BCUT2D eigenvalue weighted by atomic mass is 35.5. The highest BCUT2D eigenvalue weighted by Crippen LogP contribution is 2.38. The molecule has 1 heterocycles. The first kappa shape index (κ1) is 17.3. The fourth-order valence-electron chi connectivity index (χ4n) is 3.27. The molecule has 3 rings (SSSR count). The van der Waals surface area contributed by atoms with Crippen LogP contribution in [0.4, 0.5) is 5.69 Å². The van der Waals surface area contributed by atoms with Crippen LogP contribution in [0.5, 0.6) is 0 Å². The van der Waals surface area contributed by atoms with Gasteiger partial charge in [0.1, 0.15) is 0 Å². The minimum atomic E-state index is -0.00690. The second-order valence-electron chi connectivity index (χ2n) is 7.00. The minimum Gasteiger partial charge on any atom is -0.366 e. The van der Waals surface area contributed by atoms with Crippen molar-refractivity contribution in [3.63, 3.8) is 0 Å². The van der Waals surface area contributed by atoms with Crippen molar-refractivity contribution in [1.29, 1.82) is 5.26 Å². The number of anilines is 1. The number of hydrogen-bond donors (Lipinski definition) is 0. The molecule has 0 saturated carbocycles. The molecule has 1 aliphatic heterocycles. The molecule has 2 nitrogen and oxygen atoms in total. The SMILES string of the molecule is CC1=CC(C)(C)N(C)c2ccc(/C=C(/C#N)c3cccc(Cl)c3)cc21. The van der Waals surface area contributed by atoms with Crippen LogP contribution in [0.25, 0.3) is 17.2 Å². The molecular weight excluding hydrogens is 328 g/mol. The standard InChI is InChI=1S/C22H21ClN2/c1-15-13-22(2,3)25(4)21-9-8-16(11-20(15)21)10-18(14-24)17-6-5-7-19(23)12-17/h5-13H,1-4H3/b18-10-. The summed E-state index contributed by atoms with van der Waals surface area (Å²) < 4.78 is 0. The summed E-state index contributed by atoms with van der Waals surface area (Å²) in [5, 5.41) is 10.2. The normalized spacial score (nSPS) is 16.1. The Morgan fingerprint density at radius 1 is 1.20 bits per heavy atom. The molecule has 0 spiro atoms. The molecule has 0 radical (unpaired) electrons. The zero-order valence-corrected chi connectivity index (χ0v) is 15.7. The summed E-state index contributed by atoms with van der Waals surface area (Å²) in [4.78, 5) is 2.28. The van der Waals surface area contributed by atoms with E-state index in [0.29, 0.717) is 10.6 Å². The molecular formula is C22H21ClN2. The molecule has 0 saturated heterocycles. The van der Waals surface area contributed by atoms with E-state index in [1.807, 2.05) is 30.3 Å². The average Bonchev–Trinajstić information content (AvgIpc) is 2.57. The Morgan fingerprint density at radius 3 is 2.64 bits per heavy atom. The van der Waals surface area contributed by atoms with Gasteiger partial charge in [-0.15, -0.1) is 0 Å². The summed E-state index contributed by atoms with van der Waals surface area (Å²) in [5.41, 5.74) is 6.12. The number of halogens is 1. The van der Waals surface area contributed by atoms with Crippen LogP contribution < -0.4 is 4.90 Å². The van der Waals surface area contributed by atoms with Gasteiger partial charge in [0.15, 0.2) is 0 Å². The summed E-state index contributed by atoms with van der Waals surface area (Å²) >= 11 is 6.06. The van der Waals surface area contributed by atoms with Crippen LogP contribution in [-0.4, -0.2) is 12.6 Å². The van der Waals surface area contributed by atoms with Gasteiger partial charge in [0, 0.05) is 23.3 Å². The summed E-state index contributed by atoms with van der Waals surface area (Å²) in [5.74, 6) is 0. The second kappa shape index (κ2) is 6.43. The van der Waals surface area contributed by atoms with Crippen molar-refractivity contribution in [2.75, 3.05) is 11.9 Å². The van der Waals surface area contributed by atoms with Crippen molar-refractivity contribution in [3.05, 3.63) is 70.3 Å². The molecule has 0 bridgehead atoms. The highest BCUT2D eigenvalue weighted by molar-refractivity contribution is 6.30. The molecule has 0 aromatic heterocycles. The van der Waals surface area contributed by atoms with Crippen LogP contribution in [0.3, 0.4) is 0 Å². The van der Waals surface area contributed by atoms with Crippen LogP contribution in [0.1, 0.15) is 37.5 Å². The van der Waals surface area contributed by atoms with Crippen LogP contribution in [0, 0.1) is 11.3 Å². The topological polar surface area (TPSA) is 27.0 Å². The smallest absolute Gasteiger partial charge is 0.0998 e. The Balaban J connectivity index is 2.06. The van der Waals surface area contributed by atoms with Gasteiger partial charge >= 0.3 is 0 Å². The Hall–Kier alpha value is -2.50. The number of rotatable bonds is 2. The van der Waals surface area contributed by atoms with Crippen molar-refractivity contribution < 1.29 is 0 Å². The van der Waals surface area contributed by atoms with E-state index in [-0.39, 0.29) is 5.54 Å². The van der Waals surface area contributed by atoms with Crippen molar-refractivity contribution >= 4 is 34.5 Å². The van der Waals surface area contributed by atoms with Gasteiger partial charge in [-0.2, -0.15) is 5.26 Å². The molecule has 3 heteroatoms. The monoisotopic (exact) mass is 348 g/mol. The zero-order valence-electron chi connectivity index (χ0n) is 15.0. The minimum absolute atomic E-state index is 0.00690. The summed E-state index contributed by atoms with van der Waals surface area (Å²) in [6.07, 6.45) is 4.20. The van der Waals surface area contributed by atoms with E-state index in [1.54, 1.807) is 0 Å². The molecule has 0 amide bonds. The van der Waals surface area contributed by atoms with Crippen LogP contribution in [-0.2, 0) is 0 Å². The van der Waals surface area contributed by atoms with Crippen molar-refractivity contribution in [1.82, 2.24) is 0 Å². The van der Waals surface area contributed by atoms with Gasteiger partial charge < -0.3 is 4.90 Å². The summed E-state index contributed by atoms with van der Waals surface area (Å²) in [6, 6.07) is 16.0. The summed E-state index contributed by atoms with van der Waals surface area (Å²) in [6.45, 7) is 6.56. The third-order valence-corrected chi connectivity index (χ3v) is 5.04. The Morgan fingerprint density at radius 2 is 1.96 bits per heavy atom. The Labute approximate surface area is 154 Å². The van der Waals surface area contributed by atoms with Gasteiger partial charge in [0.05, 0.1) is 17.2 Å². The predicted octanol–water partition coefficient (Wildman–Crippen LogP) is 6.04. The number of hydrogen-bond acceptors (Lipinski definition) is 2.